The fourth-order valence-corrected chi connectivity index (χ4v) is 0.547. The van der Waals surface area contributed by atoms with Crippen LogP contribution in [0.4, 0.5) is 8.78 Å². The standard InChI is InChI=1S/C6H2ClF2.Li/c7-6-4(8)2-1-3-5(6)9;/h1-2H;/q-1;+1. The van der Waals surface area contributed by atoms with Crippen LogP contribution < -0.4 is 18.9 Å². The summed E-state index contributed by atoms with van der Waals surface area (Å²) in [5.41, 5.74) is 0. The maximum Gasteiger partial charge on any atom is 1.00 e. The van der Waals surface area contributed by atoms with E-state index < -0.39 is 16.7 Å². The van der Waals surface area contributed by atoms with Crippen molar-refractivity contribution in [2.45, 2.75) is 0 Å². The van der Waals surface area contributed by atoms with E-state index in [0.717, 1.165) is 12.1 Å². The second-order valence-corrected chi connectivity index (χ2v) is 1.83. The first kappa shape index (κ1) is 9.97. The van der Waals surface area contributed by atoms with E-state index in [1.54, 1.807) is 0 Å². The number of rotatable bonds is 0. The van der Waals surface area contributed by atoms with Gasteiger partial charge in [-0.05, 0) is 5.02 Å². The topological polar surface area (TPSA) is 0 Å². The van der Waals surface area contributed by atoms with Crippen LogP contribution in [-0.2, 0) is 0 Å². The maximum atomic E-state index is 12.2. The van der Waals surface area contributed by atoms with Crippen LogP contribution in [0.2, 0.25) is 5.02 Å². The molecule has 0 heterocycles. The summed E-state index contributed by atoms with van der Waals surface area (Å²) < 4.78 is 24.3. The molecule has 0 unspecified atom stereocenters. The zero-order valence-corrected chi connectivity index (χ0v) is 6.04. The Hall–Kier alpha value is -0.0326. The molecule has 0 atom stereocenters. The molecule has 0 bridgehead atoms. The summed E-state index contributed by atoms with van der Waals surface area (Å²) in [4.78, 5) is 0. The van der Waals surface area contributed by atoms with Crippen LogP contribution in [-0.4, -0.2) is 0 Å². The van der Waals surface area contributed by atoms with Crippen molar-refractivity contribution in [2.75, 3.05) is 0 Å². The SMILES string of the molecule is Fc1[c-]ccc(F)c1Cl.[Li+]. The molecule has 0 aliphatic heterocycles. The average Bonchev–Trinajstić information content (AvgIpc) is 1.83. The molecular weight excluding hydrogens is 152 g/mol. The fraction of sp³-hybridized carbons (Fsp3) is 0. The first-order valence-corrected chi connectivity index (χ1v) is 2.61. The van der Waals surface area contributed by atoms with Crippen molar-refractivity contribution in [3.8, 4) is 0 Å². The van der Waals surface area contributed by atoms with Crippen LogP contribution in [0.5, 0.6) is 0 Å². The third-order valence-electron chi connectivity index (χ3n) is 0.842. The number of halogens is 3. The smallest absolute Gasteiger partial charge is 0.234 e. The van der Waals surface area contributed by atoms with Crippen LogP contribution in [0.3, 0.4) is 0 Å². The van der Waals surface area contributed by atoms with Crippen molar-refractivity contribution in [1.82, 2.24) is 0 Å². The normalized spacial score (nSPS) is 8.70. The van der Waals surface area contributed by atoms with Gasteiger partial charge < -0.3 is 0 Å². The molecule has 0 amide bonds. The van der Waals surface area contributed by atoms with Gasteiger partial charge in [0.05, 0.1) is 0 Å². The van der Waals surface area contributed by atoms with E-state index in [4.69, 9.17) is 11.6 Å². The molecule has 0 spiro atoms. The van der Waals surface area contributed by atoms with E-state index in [0.29, 0.717) is 0 Å². The zero-order chi connectivity index (χ0) is 6.85. The molecular formula is C6H2ClF2Li. The minimum Gasteiger partial charge on any atom is -0.234 e. The average molecular weight is 154 g/mol. The Balaban J connectivity index is 0.000000810. The molecule has 0 aliphatic rings. The molecule has 1 rings (SSSR count). The van der Waals surface area contributed by atoms with E-state index in [1.807, 2.05) is 0 Å². The van der Waals surface area contributed by atoms with Gasteiger partial charge >= 0.3 is 18.9 Å². The van der Waals surface area contributed by atoms with Crippen LogP contribution in [0.25, 0.3) is 0 Å². The molecule has 1 aromatic rings. The Morgan fingerprint density at radius 1 is 1.40 bits per heavy atom. The zero-order valence-electron chi connectivity index (χ0n) is 5.29. The predicted molar refractivity (Wildman–Crippen MR) is 30.2 cm³/mol. The summed E-state index contributed by atoms with van der Waals surface area (Å²) in [6.45, 7) is 0. The minimum absolute atomic E-state index is 0. The molecule has 0 aromatic heterocycles. The van der Waals surface area contributed by atoms with E-state index in [-0.39, 0.29) is 18.9 Å². The minimum atomic E-state index is -0.850. The second-order valence-electron chi connectivity index (χ2n) is 1.45. The Bertz CT molecular complexity index is 207. The number of hydrogen-bond acceptors (Lipinski definition) is 0. The molecule has 1 aromatic carbocycles. The Morgan fingerprint density at radius 3 is 2.40 bits per heavy atom. The van der Waals surface area contributed by atoms with Crippen molar-refractivity contribution in [2.24, 2.45) is 0 Å². The second kappa shape index (κ2) is 3.97. The summed E-state index contributed by atoms with van der Waals surface area (Å²) in [6.07, 6.45) is 0. The van der Waals surface area contributed by atoms with Gasteiger partial charge in [-0.2, -0.15) is 17.7 Å². The van der Waals surface area contributed by atoms with Crippen LogP contribution in [0.1, 0.15) is 0 Å². The molecule has 4 heteroatoms. The molecule has 0 N–H and O–H groups in total. The molecule has 10 heavy (non-hydrogen) atoms. The third kappa shape index (κ3) is 1.98. The van der Waals surface area contributed by atoms with Crippen LogP contribution in [0, 0.1) is 17.7 Å². The summed E-state index contributed by atoms with van der Waals surface area (Å²) in [6, 6.07) is 4.28. The third-order valence-corrected chi connectivity index (χ3v) is 1.19. The largest absolute Gasteiger partial charge is 1.00 e. The van der Waals surface area contributed by atoms with Gasteiger partial charge in [-0.15, -0.1) is 12.1 Å². The van der Waals surface area contributed by atoms with Crippen molar-refractivity contribution in [3.63, 3.8) is 0 Å². The molecule has 48 valence electrons. The molecule has 0 saturated carbocycles. The Labute approximate surface area is 74.4 Å². The maximum absolute atomic E-state index is 12.2. The molecule has 0 saturated heterocycles. The van der Waals surface area contributed by atoms with Crippen LogP contribution >= 0.6 is 11.6 Å². The first-order valence-electron chi connectivity index (χ1n) is 2.23. The van der Waals surface area contributed by atoms with Gasteiger partial charge in [-0.3, -0.25) is 0 Å². The first-order chi connectivity index (χ1) is 4.22. The molecule has 0 radical (unpaired) electrons. The van der Waals surface area contributed by atoms with E-state index >= 15 is 0 Å². The summed E-state index contributed by atoms with van der Waals surface area (Å²) in [5.74, 6) is -1.61. The van der Waals surface area contributed by atoms with Gasteiger partial charge in [-0.25, -0.2) is 8.78 Å². The fourth-order valence-electron chi connectivity index (χ4n) is 0.429. The van der Waals surface area contributed by atoms with Crippen molar-refractivity contribution < 1.29 is 27.6 Å². The summed E-state index contributed by atoms with van der Waals surface area (Å²) in [7, 11) is 0. The summed E-state index contributed by atoms with van der Waals surface area (Å²) in [5, 5.41) is -0.502. The molecule has 0 nitrogen and oxygen atoms in total. The van der Waals surface area contributed by atoms with Crippen molar-refractivity contribution in [3.05, 3.63) is 34.9 Å². The molecule has 0 fully saturated rings. The van der Waals surface area contributed by atoms with Gasteiger partial charge in [-0.1, -0.05) is 0 Å². The Kier molecular flexibility index (Phi) is 3.96. The van der Waals surface area contributed by atoms with Crippen LogP contribution in [0.15, 0.2) is 12.1 Å². The van der Waals surface area contributed by atoms with Gasteiger partial charge in [0.1, 0.15) is 0 Å². The van der Waals surface area contributed by atoms with Gasteiger partial charge in [0, 0.05) is 11.6 Å². The quantitative estimate of drug-likeness (QED) is 0.267. The monoisotopic (exact) mass is 154 g/mol. The Morgan fingerprint density at radius 2 is 2.00 bits per heavy atom. The summed E-state index contributed by atoms with van der Waals surface area (Å²) >= 11 is 5.10. The van der Waals surface area contributed by atoms with Gasteiger partial charge in [0.2, 0.25) is 0 Å². The van der Waals surface area contributed by atoms with E-state index in [1.165, 1.54) is 0 Å². The van der Waals surface area contributed by atoms with Gasteiger partial charge in [0.15, 0.2) is 0 Å². The van der Waals surface area contributed by atoms with E-state index in [2.05, 4.69) is 6.07 Å². The molecule has 0 aliphatic carbocycles. The predicted octanol–water partition coefficient (Wildman–Crippen LogP) is -0.578. The number of benzene rings is 1. The van der Waals surface area contributed by atoms with E-state index in [9.17, 15) is 8.78 Å². The van der Waals surface area contributed by atoms with Crippen molar-refractivity contribution >= 4 is 11.6 Å². The van der Waals surface area contributed by atoms with Crippen molar-refractivity contribution in [1.29, 1.82) is 0 Å². The van der Waals surface area contributed by atoms with Gasteiger partial charge in [0.25, 0.3) is 0 Å². The number of hydrogen-bond donors (Lipinski definition) is 0.